The third kappa shape index (κ3) is 2.87. The molecule has 0 aromatic heterocycles. The van der Waals surface area contributed by atoms with Crippen LogP contribution in [0.5, 0.6) is 5.75 Å². The van der Waals surface area contributed by atoms with Crippen LogP contribution in [0.1, 0.15) is 0 Å². The Morgan fingerprint density at radius 3 is 2.59 bits per heavy atom. The third-order valence-corrected chi connectivity index (χ3v) is 3.80. The molecule has 0 saturated heterocycles. The molecule has 2 rings (SSSR count). The van der Waals surface area contributed by atoms with Gasteiger partial charge in [0.1, 0.15) is 5.75 Å². The monoisotopic (exact) mass is 265 g/mol. The SMILES string of the molecule is COc1ccccc1Sc1ccc(N)cc1Cl. The molecule has 17 heavy (non-hydrogen) atoms. The number of ether oxygens (including phenoxy) is 1. The summed E-state index contributed by atoms with van der Waals surface area (Å²) in [5.41, 5.74) is 6.32. The van der Waals surface area contributed by atoms with Crippen molar-refractivity contribution in [2.75, 3.05) is 12.8 Å². The van der Waals surface area contributed by atoms with E-state index >= 15 is 0 Å². The van der Waals surface area contributed by atoms with E-state index in [1.807, 2.05) is 36.4 Å². The van der Waals surface area contributed by atoms with Crippen LogP contribution in [-0.4, -0.2) is 7.11 Å². The molecule has 0 aliphatic heterocycles. The molecule has 0 atom stereocenters. The standard InChI is InChI=1S/C13H12ClNOS/c1-16-11-4-2-3-5-13(11)17-12-7-6-9(15)8-10(12)14/h2-8H,15H2,1H3. The summed E-state index contributed by atoms with van der Waals surface area (Å²) in [4.78, 5) is 1.99. The maximum absolute atomic E-state index is 6.13. The van der Waals surface area contributed by atoms with Crippen LogP contribution < -0.4 is 10.5 Å². The molecule has 2 nitrogen and oxygen atoms in total. The first-order valence-corrected chi connectivity index (χ1v) is 6.26. The Balaban J connectivity index is 2.31. The smallest absolute Gasteiger partial charge is 0.132 e. The zero-order valence-electron chi connectivity index (χ0n) is 9.31. The van der Waals surface area contributed by atoms with E-state index in [4.69, 9.17) is 22.1 Å². The molecule has 0 aliphatic carbocycles. The third-order valence-electron chi connectivity index (χ3n) is 2.24. The van der Waals surface area contributed by atoms with Crippen molar-refractivity contribution >= 4 is 29.1 Å². The highest BCUT2D eigenvalue weighted by molar-refractivity contribution is 7.99. The first-order valence-electron chi connectivity index (χ1n) is 5.06. The van der Waals surface area contributed by atoms with Crippen molar-refractivity contribution in [1.29, 1.82) is 0 Å². The van der Waals surface area contributed by atoms with E-state index in [2.05, 4.69) is 0 Å². The first kappa shape index (κ1) is 12.1. The number of nitrogen functional groups attached to an aromatic ring is 1. The highest BCUT2D eigenvalue weighted by atomic mass is 35.5. The van der Waals surface area contributed by atoms with Gasteiger partial charge in [-0.25, -0.2) is 0 Å². The predicted molar refractivity (Wildman–Crippen MR) is 73.0 cm³/mol. The Morgan fingerprint density at radius 1 is 1.12 bits per heavy atom. The molecule has 2 aromatic rings. The minimum atomic E-state index is 0.654. The summed E-state index contributed by atoms with van der Waals surface area (Å²) in [6.45, 7) is 0. The molecule has 2 N–H and O–H groups in total. The van der Waals surface area contributed by atoms with Gasteiger partial charge in [0.05, 0.1) is 17.0 Å². The van der Waals surface area contributed by atoms with Crippen molar-refractivity contribution in [3.63, 3.8) is 0 Å². The zero-order valence-corrected chi connectivity index (χ0v) is 10.9. The van der Waals surface area contributed by atoms with Crippen molar-refractivity contribution < 1.29 is 4.74 Å². The molecule has 0 aliphatic rings. The largest absolute Gasteiger partial charge is 0.496 e. The van der Waals surface area contributed by atoms with Gasteiger partial charge in [-0.15, -0.1) is 0 Å². The van der Waals surface area contributed by atoms with Crippen LogP contribution in [0.4, 0.5) is 5.69 Å². The molecular formula is C13H12ClNOS. The molecular weight excluding hydrogens is 254 g/mol. The van der Waals surface area contributed by atoms with Crippen LogP contribution in [0.2, 0.25) is 5.02 Å². The molecule has 4 heteroatoms. The van der Waals surface area contributed by atoms with E-state index in [-0.39, 0.29) is 0 Å². The second kappa shape index (κ2) is 5.34. The van der Waals surface area contributed by atoms with Crippen LogP contribution in [0, 0.1) is 0 Å². The number of hydrogen-bond donors (Lipinski definition) is 1. The summed E-state index contributed by atoms with van der Waals surface area (Å²) in [6.07, 6.45) is 0. The Labute approximate surface area is 110 Å². The fraction of sp³-hybridized carbons (Fsp3) is 0.0769. The van der Waals surface area contributed by atoms with Gasteiger partial charge in [-0.2, -0.15) is 0 Å². The lowest BCUT2D eigenvalue weighted by Gasteiger charge is -2.09. The van der Waals surface area contributed by atoms with Crippen molar-refractivity contribution in [2.45, 2.75) is 9.79 Å². The summed E-state index contributed by atoms with van der Waals surface area (Å²) in [5, 5.41) is 0.654. The Hall–Kier alpha value is -1.32. The van der Waals surface area contributed by atoms with E-state index in [9.17, 15) is 0 Å². The molecule has 0 unspecified atom stereocenters. The highest BCUT2D eigenvalue weighted by Crippen LogP contribution is 2.38. The number of anilines is 1. The van der Waals surface area contributed by atoms with E-state index in [1.165, 1.54) is 0 Å². The molecule has 0 amide bonds. The van der Waals surface area contributed by atoms with Crippen molar-refractivity contribution in [1.82, 2.24) is 0 Å². The van der Waals surface area contributed by atoms with Gasteiger partial charge in [-0.3, -0.25) is 0 Å². The van der Waals surface area contributed by atoms with E-state index in [0.29, 0.717) is 10.7 Å². The predicted octanol–water partition coefficient (Wildman–Crippen LogP) is 4.08. The maximum Gasteiger partial charge on any atom is 0.132 e. The Bertz CT molecular complexity index is 531. The molecule has 0 saturated carbocycles. The van der Waals surface area contributed by atoms with Gasteiger partial charge in [0.15, 0.2) is 0 Å². The first-order chi connectivity index (χ1) is 8.20. The number of halogens is 1. The van der Waals surface area contributed by atoms with Gasteiger partial charge in [0, 0.05) is 10.6 Å². The van der Waals surface area contributed by atoms with Crippen LogP contribution in [0.15, 0.2) is 52.3 Å². The fourth-order valence-corrected chi connectivity index (χ4v) is 2.65. The van der Waals surface area contributed by atoms with E-state index in [0.717, 1.165) is 15.5 Å². The normalized spacial score (nSPS) is 10.2. The summed E-state index contributed by atoms with van der Waals surface area (Å²) in [7, 11) is 1.66. The van der Waals surface area contributed by atoms with E-state index in [1.54, 1.807) is 24.9 Å². The van der Waals surface area contributed by atoms with Crippen molar-refractivity contribution in [2.24, 2.45) is 0 Å². The lowest BCUT2D eigenvalue weighted by Crippen LogP contribution is -1.87. The number of rotatable bonds is 3. The summed E-state index contributed by atoms with van der Waals surface area (Å²) >= 11 is 7.69. The summed E-state index contributed by atoms with van der Waals surface area (Å²) < 4.78 is 5.29. The molecule has 2 aromatic carbocycles. The molecule has 0 heterocycles. The Morgan fingerprint density at radius 2 is 1.88 bits per heavy atom. The minimum Gasteiger partial charge on any atom is -0.496 e. The number of hydrogen-bond acceptors (Lipinski definition) is 3. The quantitative estimate of drug-likeness (QED) is 0.850. The van der Waals surface area contributed by atoms with Gasteiger partial charge in [-0.1, -0.05) is 35.5 Å². The number of methoxy groups -OCH3 is 1. The maximum atomic E-state index is 6.13. The van der Waals surface area contributed by atoms with Gasteiger partial charge < -0.3 is 10.5 Å². The van der Waals surface area contributed by atoms with E-state index < -0.39 is 0 Å². The summed E-state index contributed by atoms with van der Waals surface area (Å²) in [6, 6.07) is 13.3. The van der Waals surface area contributed by atoms with Gasteiger partial charge in [0.2, 0.25) is 0 Å². The lowest BCUT2D eigenvalue weighted by molar-refractivity contribution is 0.405. The molecule has 0 radical (unpaired) electrons. The fourth-order valence-electron chi connectivity index (χ4n) is 1.42. The second-order valence-electron chi connectivity index (χ2n) is 3.44. The Kier molecular flexibility index (Phi) is 3.82. The number of nitrogens with two attached hydrogens (primary N) is 1. The van der Waals surface area contributed by atoms with Crippen LogP contribution >= 0.6 is 23.4 Å². The molecule has 0 fully saturated rings. The lowest BCUT2D eigenvalue weighted by atomic mass is 10.3. The molecule has 0 spiro atoms. The van der Waals surface area contributed by atoms with Crippen molar-refractivity contribution in [3.8, 4) is 5.75 Å². The average Bonchev–Trinajstić information content (AvgIpc) is 2.33. The van der Waals surface area contributed by atoms with Crippen molar-refractivity contribution in [3.05, 3.63) is 47.5 Å². The zero-order chi connectivity index (χ0) is 12.3. The van der Waals surface area contributed by atoms with Crippen LogP contribution in [-0.2, 0) is 0 Å². The minimum absolute atomic E-state index is 0.654. The van der Waals surface area contributed by atoms with Crippen LogP contribution in [0.3, 0.4) is 0 Å². The van der Waals surface area contributed by atoms with Crippen LogP contribution in [0.25, 0.3) is 0 Å². The average molecular weight is 266 g/mol. The van der Waals surface area contributed by atoms with Gasteiger partial charge in [-0.05, 0) is 30.3 Å². The second-order valence-corrected chi connectivity index (χ2v) is 4.93. The highest BCUT2D eigenvalue weighted by Gasteiger charge is 2.07. The van der Waals surface area contributed by atoms with Gasteiger partial charge in [0.25, 0.3) is 0 Å². The topological polar surface area (TPSA) is 35.2 Å². The number of benzene rings is 2. The molecule has 88 valence electrons. The number of para-hydroxylation sites is 1. The summed E-state index contributed by atoms with van der Waals surface area (Å²) in [5.74, 6) is 0.838. The molecule has 0 bridgehead atoms. The van der Waals surface area contributed by atoms with Gasteiger partial charge >= 0.3 is 0 Å².